The van der Waals surface area contributed by atoms with Crippen molar-refractivity contribution < 1.29 is 4.79 Å². The van der Waals surface area contributed by atoms with Crippen LogP contribution in [0.3, 0.4) is 0 Å². The van der Waals surface area contributed by atoms with Crippen molar-refractivity contribution in [3.63, 3.8) is 0 Å². The summed E-state index contributed by atoms with van der Waals surface area (Å²) in [5, 5.41) is 3.03. The Bertz CT molecular complexity index is 500. The topological polar surface area (TPSA) is 35.6 Å². The third-order valence-electron chi connectivity index (χ3n) is 4.78. The lowest BCUT2D eigenvalue weighted by atomic mass is 10.2. The molecule has 0 aromatic heterocycles. The standard InChI is InChI=1S/C19H31N3OS/c1-16(10-13-24-3)21(2)15-19(23)20-14-17-6-8-18(9-7-17)22-11-4-5-12-22/h6-9,16H,4-5,10-15H2,1-3H3,(H,20,23)/t16-/m0/s1. The van der Waals surface area contributed by atoms with E-state index in [9.17, 15) is 4.79 Å². The van der Waals surface area contributed by atoms with E-state index < -0.39 is 0 Å². The lowest BCUT2D eigenvalue weighted by Gasteiger charge is -2.23. The Hall–Kier alpha value is -1.20. The number of nitrogens with one attached hydrogen (secondary N) is 1. The van der Waals surface area contributed by atoms with Gasteiger partial charge in [-0.2, -0.15) is 11.8 Å². The van der Waals surface area contributed by atoms with Crippen molar-refractivity contribution in [3.05, 3.63) is 29.8 Å². The highest BCUT2D eigenvalue weighted by Gasteiger charge is 2.13. The van der Waals surface area contributed by atoms with Crippen molar-refractivity contribution in [1.82, 2.24) is 10.2 Å². The van der Waals surface area contributed by atoms with Crippen molar-refractivity contribution in [2.45, 2.75) is 38.8 Å². The predicted molar refractivity (Wildman–Crippen MR) is 105 cm³/mol. The molecule has 0 radical (unpaired) electrons. The maximum Gasteiger partial charge on any atom is 0.234 e. The first-order chi connectivity index (χ1) is 11.6. The smallest absolute Gasteiger partial charge is 0.234 e. The monoisotopic (exact) mass is 349 g/mol. The lowest BCUT2D eigenvalue weighted by molar-refractivity contribution is -0.122. The van der Waals surface area contributed by atoms with Crippen LogP contribution in [0.15, 0.2) is 24.3 Å². The number of nitrogens with zero attached hydrogens (tertiary/aromatic N) is 2. The van der Waals surface area contributed by atoms with Gasteiger partial charge in [0.25, 0.3) is 0 Å². The van der Waals surface area contributed by atoms with E-state index in [0.29, 0.717) is 19.1 Å². The molecule has 1 N–H and O–H groups in total. The summed E-state index contributed by atoms with van der Waals surface area (Å²) in [6.45, 7) is 5.57. The fourth-order valence-corrected chi connectivity index (χ4v) is 3.52. The minimum Gasteiger partial charge on any atom is -0.372 e. The Balaban J connectivity index is 1.73. The number of benzene rings is 1. The highest BCUT2D eigenvalue weighted by molar-refractivity contribution is 7.98. The summed E-state index contributed by atoms with van der Waals surface area (Å²) in [7, 11) is 2.02. The van der Waals surface area contributed by atoms with Crippen molar-refractivity contribution in [2.24, 2.45) is 0 Å². The second-order valence-corrected chi connectivity index (χ2v) is 7.67. The molecule has 1 atom stereocenters. The fraction of sp³-hybridized carbons (Fsp3) is 0.632. The van der Waals surface area contributed by atoms with E-state index in [2.05, 4.69) is 52.6 Å². The zero-order valence-corrected chi connectivity index (χ0v) is 16.1. The zero-order chi connectivity index (χ0) is 17.4. The quantitative estimate of drug-likeness (QED) is 0.743. The first kappa shape index (κ1) is 19.1. The highest BCUT2D eigenvalue weighted by atomic mass is 32.2. The molecule has 0 bridgehead atoms. The number of anilines is 1. The molecule has 1 aromatic rings. The van der Waals surface area contributed by atoms with E-state index in [0.717, 1.165) is 30.8 Å². The van der Waals surface area contributed by atoms with Gasteiger partial charge in [-0.05, 0) is 62.9 Å². The van der Waals surface area contributed by atoms with E-state index in [1.54, 1.807) is 0 Å². The van der Waals surface area contributed by atoms with Crippen LogP contribution in [0.5, 0.6) is 0 Å². The predicted octanol–water partition coefficient (Wildman–Crippen LogP) is 2.98. The molecule has 0 unspecified atom stereocenters. The fourth-order valence-electron chi connectivity index (χ4n) is 2.95. The Morgan fingerprint density at radius 2 is 1.96 bits per heavy atom. The summed E-state index contributed by atoms with van der Waals surface area (Å²) >= 11 is 1.85. The molecule has 1 amide bonds. The summed E-state index contributed by atoms with van der Waals surface area (Å²) in [6.07, 6.45) is 5.82. The minimum absolute atomic E-state index is 0.0946. The van der Waals surface area contributed by atoms with Gasteiger partial charge >= 0.3 is 0 Å². The Kier molecular flexibility index (Phi) is 7.92. The van der Waals surface area contributed by atoms with Gasteiger partial charge < -0.3 is 10.2 Å². The van der Waals surface area contributed by atoms with Gasteiger partial charge in [-0.3, -0.25) is 9.69 Å². The second kappa shape index (κ2) is 9.94. The van der Waals surface area contributed by atoms with Gasteiger partial charge in [-0.25, -0.2) is 0 Å². The van der Waals surface area contributed by atoms with Crippen molar-refractivity contribution >= 4 is 23.4 Å². The number of likely N-dealkylation sites (N-methyl/N-ethyl adjacent to an activating group) is 1. The molecule has 1 aliphatic heterocycles. The number of amides is 1. The molecule has 5 heteroatoms. The molecule has 1 heterocycles. The van der Waals surface area contributed by atoms with Crippen molar-refractivity contribution in [2.75, 3.05) is 43.6 Å². The van der Waals surface area contributed by atoms with Crippen LogP contribution in [0.2, 0.25) is 0 Å². The van der Waals surface area contributed by atoms with Crippen LogP contribution in [-0.2, 0) is 11.3 Å². The van der Waals surface area contributed by atoms with Crippen LogP contribution >= 0.6 is 11.8 Å². The molecule has 2 rings (SSSR count). The van der Waals surface area contributed by atoms with Crippen LogP contribution in [0.25, 0.3) is 0 Å². The Morgan fingerprint density at radius 3 is 2.58 bits per heavy atom. The maximum absolute atomic E-state index is 12.1. The number of carbonyl (C=O) groups is 1. The van der Waals surface area contributed by atoms with Gasteiger partial charge in [0.1, 0.15) is 0 Å². The van der Waals surface area contributed by atoms with Crippen LogP contribution in [0, 0.1) is 0 Å². The zero-order valence-electron chi connectivity index (χ0n) is 15.3. The normalized spacial score (nSPS) is 15.8. The molecule has 1 aromatic carbocycles. The largest absolute Gasteiger partial charge is 0.372 e. The lowest BCUT2D eigenvalue weighted by Crippen LogP contribution is -2.39. The first-order valence-corrected chi connectivity index (χ1v) is 10.3. The van der Waals surface area contributed by atoms with Gasteiger partial charge in [-0.15, -0.1) is 0 Å². The molecular weight excluding hydrogens is 318 g/mol. The molecule has 1 saturated heterocycles. The summed E-state index contributed by atoms with van der Waals surface area (Å²) in [5.41, 5.74) is 2.45. The third-order valence-corrected chi connectivity index (χ3v) is 5.43. The molecule has 24 heavy (non-hydrogen) atoms. The molecule has 0 spiro atoms. The number of rotatable bonds is 9. The SMILES string of the molecule is CSCC[C@H](C)N(C)CC(=O)NCc1ccc(N2CCCC2)cc1. The third kappa shape index (κ3) is 6.02. The van der Waals surface area contributed by atoms with Gasteiger partial charge in [0.15, 0.2) is 0 Å². The molecule has 1 fully saturated rings. The Morgan fingerprint density at radius 1 is 1.29 bits per heavy atom. The summed E-state index contributed by atoms with van der Waals surface area (Å²) in [5.74, 6) is 1.23. The molecular formula is C19H31N3OS. The first-order valence-electron chi connectivity index (χ1n) is 8.90. The molecule has 0 saturated carbocycles. The van der Waals surface area contributed by atoms with E-state index in [4.69, 9.17) is 0 Å². The van der Waals surface area contributed by atoms with Crippen LogP contribution in [0.1, 0.15) is 31.7 Å². The number of carbonyl (C=O) groups excluding carboxylic acids is 1. The van der Waals surface area contributed by atoms with Gasteiger partial charge in [0.05, 0.1) is 6.54 Å². The maximum atomic E-state index is 12.1. The molecule has 0 aliphatic carbocycles. The van der Waals surface area contributed by atoms with E-state index in [1.165, 1.54) is 18.5 Å². The minimum atomic E-state index is 0.0946. The molecule has 134 valence electrons. The molecule has 1 aliphatic rings. The van der Waals surface area contributed by atoms with E-state index >= 15 is 0 Å². The number of hydrogen-bond acceptors (Lipinski definition) is 4. The molecule has 4 nitrogen and oxygen atoms in total. The number of hydrogen-bond donors (Lipinski definition) is 1. The summed E-state index contributed by atoms with van der Waals surface area (Å²) < 4.78 is 0. The highest BCUT2D eigenvalue weighted by Crippen LogP contribution is 2.20. The summed E-state index contributed by atoms with van der Waals surface area (Å²) in [4.78, 5) is 16.7. The van der Waals surface area contributed by atoms with E-state index in [1.807, 2.05) is 18.8 Å². The van der Waals surface area contributed by atoms with Gasteiger partial charge in [0.2, 0.25) is 5.91 Å². The summed E-state index contributed by atoms with van der Waals surface area (Å²) in [6, 6.07) is 9.02. The van der Waals surface area contributed by atoms with Crippen molar-refractivity contribution in [3.8, 4) is 0 Å². The Labute approximate surface area is 151 Å². The van der Waals surface area contributed by atoms with Crippen LogP contribution in [0.4, 0.5) is 5.69 Å². The average molecular weight is 350 g/mol. The van der Waals surface area contributed by atoms with Gasteiger partial charge in [-0.1, -0.05) is 12.1 Å². The number of thioether (sulfide) groups is 1. The van der Waals surface area contributed by atoms with E-state index in [-0.39, 0.29) is 5.91 Å². The van der Waals surface area contributed by atoms with Crippen LogP contribution in [-0.4, -0.2) is 55.5 Å². The average Bonchev–Trinajstić information content (AvgIpc) is 3.12. The van der Waals surface area contributed by atoms with Crippen LogP contribution < -0.4 is 10.2 Å². The van der Waals surface area contributed by atoms with Crippen molar-refractivity contribution in [1.29, 1.82) is 0 Å². The van der Waals surface area contributed by atoms with Gasteiger partial charge in [0, 0.05) is 31.4 Å². The second-order valence-electron chi connectivity index (χ2n) is 6.68.